The number of rotatable bonds is 8. The fourth-order valence-corrected chi connectivity index (χ4v) is 2.49. The van der Waals surface area contributed by atoms with Gasteiger partial charge in [0.1, 0.15) is 5.69 Å². The van der Waals surface area contributed by atoms with Crippen molar-refractivity contribution < 1.29 is 22.9 Å². The maximum absolute atomic E-state index is 11.7. The van der Waals surface area contributed by atoms with Crippen LogP contribution < -0.4 is 10.2 Å². The third-order valence-corrected chi connectivity index (χ3v) is 4.10. The number of benzene rings is 1. The Bertz CT molecular complexity index is 689. The number of nitrogens with one attached hydrogen (secondary N) is 1. The van der Waals surface area contributed by atoms with Gasteiger partial charge in [0.15, 0.2) is 9.84 Å². The zero-order chi connectivity index (χ0) is 17.6. The predicted octanol–water partition coefficient (Wildman–Crippen LogP) is 0.197. The summed E-state index contributed by atoms with van der Waals surface area (Å²) in [6.07, 6.45) is 0.971. The maximum Gasteiger partial charge on any atom is 0.293 e. The van der Waals surface area contributed by atoms with Gasteiger partial charge in [0.25, 0.3) is 5.69 Å². The Balaban J connectivity index is 2.98. The molecule has 9 nitrogen and oxygen atoms in total. The zero-order valence-electron chi connectivity index (χ0n) is 13.1. The molecule has 10 heteroatoms. The van der Waals surface area contributed by atoms with Crippen LogP contribution in [0.3, 0.4) is 0 Å². The number of amides is 1. The molecule has 0 unspecified atom stereocenters. The van der Waals surface area contributed by atoms with Crippen LogP contribution in [0.5, 0.6) is 0 Å². The van der Waals surface area contributed by atoms with Crippen molar-refractivity contribution in [1.82, 2.24) is 5.32 Å². The van der Waals surface area contributed by atoms with E-state index in [0.29, 0.717) is 13.2 Å². The lowest BCUT2D eigenvalue weighted by atomic mass is 10.2. The molecule has 0 fully saturated rings. The van der Waals surface area contributed by atoms with Crippen molar-refractivity contribution in [2.24, 2.45) is 0 Å². The second-order valence-corrected chi connectivity index (χ2v) is 6.89. The van der Waals surface area contributed by atoms with Gasteiger partial charge in [-0.2, -0.15) is 0 Å². The second kappa shape index (κ2) is 7.88. The minimum atomic E-state index is -3.56. The molecule has 0 atom stereocenters. The van der Waals surface area contributed by atoms with Crippen LogP contribution in [0.25, 0.3) is 0 Å². The van der Waals surface area contributed by atoms with Crippen molar-refractivity contribution in [3.8, 4) is 0 Å². The topological polar surface area (TPSA) is 119 Å². The molecule has 0 aromatic heterocycles. The van der Waals surface area contributed by atoms with Gasteiger partial charge in [0, 0.05) is 33.0 Å². The number of hydrogen-bond donors (Lipinski definition) is 1. The third kappa shape index (κ3) is 5.49. The Morgan fingerprint density at radius 3 is 2.61 bits per heavy atom. The maximum atomic E-state index is 11.7. The zero-order valence-corrected chi connectivity index (χ0v) is 13.9. The van der Waals surface area contributed by atoms with Crippen LogP contribution in [0.2, 0.25) is 0 Å². The number of ether oxygens (including phenoxy) is 1. The van der Waals surface area contributed by atoms with E-state index in [1.807, 2.05) is 0 Å². The van der Waals surface area contributed by atoms with E-state index < -0.39 is 14.8 Å². The van der Waals surface area contributed by atoms with Gasteiger partial charge < -0.3 is 15.0 Å². The lowest BCUT2D eigenvalue weighted by Gasteiger charge is -2.19. The van der Waals surface area contributed by atoms with Gasteiger partial charge in [-0.25, -0.2) is 8.42 Å². The number of nitrogens with zero attached hydrogens (tertiary/aromatic N) is 2. The molecule has 0 aliphatic rings. The monoisotopic (exact) mass is 345 g/mol. The number of nitro groups is 1. The molecular weight excluding hydrogens is 326 g/mol. The molecule has 1 aromatic carbocycles. The Morgan fingerprint density at radius 2 is 2.09 bits per heavy atom. The van der Waals surface area contributed by atoms with Gasteiger partial charge in [0.2, 0.25) is 5.91 Å². The summed E-state index contributed by atoms with van der Waals surface area (Å²) >= 11 is 0. The summed E-state index contributed by atoms with van der Waals surface area (Å²) in [5, 5.41) is 13.8. The normalized spacial score (nSPS) is 11.1. The Morgan fingerprint density at radius 1 is 1.43 bits per heavy atom. The predicted molar refractivity (Wildman–Crippen MR) is 84.4 cm³/mol. The average Bonchev–Trinajstić information content (AvgIpc) is 2.45. The van der Waals surface area contributed by atoms with Crippen molar-refractivity contribution in [3.05, 3.63) is 28.3 Å². The molecule has 128 valence electrons. The van der Waals surface area contributed by atoms with E-state index in [4.69, 9.17) is 4.74 Å². The van der Waals surface area contributed by atoms with Crippen LogP contribution in [0.4, 0.5) is 11.4 Å². The molecule has 1 N–H and O–H groups in total. The smallest absolute Gasteiger partial charge is 0.293 e. The van der Waals surface area contributed by atoms with Crippen LogP contribution in [0.1, 0.15) is 0 Å². The summed E-state index contributed by atoms with van der Waals surface area (Å²) < 4.78 is 27.8. The first-order valence-corrected chi connectivity index (χ1v) is 8.51. The SMILES string of the molecule is COCCNC(=O)CN(C)c1ccc(S(C)(=O)=O)cc1[N+](=O)[O-]. The molecule has 0 saturated carbocycles. The molecule has 23 heavy (non-hydrogen) atoms. The second-order valence-electron chi connectivity index (χ2n) is 4.88. The van der Waals surface area contributed by atoms with Crippen LogP contribution in [-0.4, -0.2) is 59.4 Å². The summed E-state index contributed by atoms with van der Waals surface area (Å²) in [6.45, 7) is 0.583. The molecule has 0 aliphatic carbocycles. The van der Waals surface area contributed by atoms with E-state index in [1.165, 1.54) is 31.2 Å². The Kier molecular flexibility index (Phi) is 6.46. The fraction of sp³-hybridized carbons (Fsp3) is 0.462. The van der Waals surface area contributed by atoms with Gasteiger partial charge in [-0.05, 0) is 12.1 Å². The molecule has 0 spiro atoms. The molecule has 1 amide bonds. The lowest BCUT2D eigenvalue weighted by Crippen LogP contribution is -2.36. The van der Waals surface area contributed by atoms with Crippen LogP contribution in [-0.2, 0) is 19.4 Å². The average molecular weight is 345 g/mol. The number of anilines is 1. The highest BCUT2D eigenvalue weighted by molar-refractivity contribution is 7.90. The molecule has 0 saturated heterocycles. The molecule has 0 heterocycles. The van der Waals surface area contributed by atoms with Crippen molar-refractivity contribution in [1.29, 1.82) is 0 Å². The standard InChI is InChI=1S/C13H19N3O6S/c1-15(9-13(17)14-6-7-22-2)11-5-4-10(23(3,20)21)8-12(11)16(18)19/h4-5,8H,6-7,9H2,1-3H3,(H,14,17). The molecule has 1 aromatic rings. The molecule has 0 bridgehead atoms. The Labute approximate surface area is 134 Å². The molecule has 0 aliphatic heterocycles. The number of nitro benzene ring substituents is 1. The first kappa shape index (κ1) is 18.8. The molecule has 1 rings (SSSR count). The number of carbonyl (C=O) groups is 1. The summed E-state index contributed by atoms with van der Waals surface area (Å²) in [6, 6.07) is 3.58. The van der Waals surface area contributed by atoms with Gasteiger partial charge in [-0.3, -0.25) is 14.9 Å². The van der Waals surface area contributed by atoms with E-state index in [1.54, 1.807) is 0 Å². The minimum absolute atomic E-state index is 0.108. The lowest BCUT2D eigenvalue weighted by molar-refractivity contribution is -0.384. The van der Waals surface area contributed by atoms with E-state index in [2.05, 4.69) is 5.32 Å². The van der Waals surface area contributed by atoms with Crippen molar-refractivity contribution in [3.63, 3.8) is 0 Å². The van der Waals surface area contributed by atoms with Crippen molar-refractivity contribution in [2.75, 3.05) is 45.0 Å². The van der Waals surface area contributed by atoms with E-state index in [-0.39, 0.29) is 28.7 Å². The number of carbonyl (C=O) groups excluding carboxylic acids is 1. The van der Waals surface area contributed by atoms with Gasteiger partial charge in [-0.1, -0.05) is 0 Å². The fourth-order valence-electron chi connectivity index (χ4n) is 1.85. The van der Waals surface area contributed by atoms with E-state index >= 15 is 0 Å². The third-order valence-electron chi connectivity index (χ3n) is 2.99. The number of likely N-dealkylation sites (N-methyl/N-ethyl adjacent to an activating group) is 1. The highest BCUT2D eigenvalue weighted by atomic mass is 32.2. The van der Waals surface area contributed by atoms with Crippen molar-refractivity contribution in [2.45, 2.75) is 4.90 Å². The quantitative estimate of drug-likeness (QED) is 0.406. The van der Waals surface area contributed by atoms with Crippen molar-refractivity contribution >= 4 is 27.1 Å². The number of methoxy groups -OCH3 is 1. The van der Waals surface area contributed by atoms with Crippen LogP contribution >= 0.6 is 0 Å². The number of sulfone groups is 1. The van der Waals surface area contributed by atoms with Gasteiger partial charge in [-0.15, -0.1) is 0 Å². The van der Waals surface area contributed by atoms with E-state index in [9.17, 15) is 23.3 Å². The first-order chi connectivity index (χ1) is 10.7. The highest BCUT2D eigenvalue weighted by Crippen LogP contribution is 2.29. The molecular formula is C13H19N3O6S. The first-order valence-electron chi connectivity index (χ1n) is 6.62. The Hall–Kier alpha value is -2.20. The summed E-state index contributed by atoms with van der Waals surface area (Å²) in [5.41, 5.74) is -0.218. The highest BCUT2D eigenvalue weighted by Gasteiger charge is 2.22. The van der Waals surface area contributed by atoms with E-state index in [0.717, 1.165) is 12.3 Å². The summed E-state index contributed by atoms with van der Waals surface area (Å²) in [5.74, 6) is -0.328. The van der Waals surface area contributed by atoms with Crippen LogP contribution in [0.15, 0.2) is 23.1 Å². The summed E-state index contributed by atoms with van der Waals surface area (Å²) in [4.78, 5) is 23.5. The minimum Gasteiger partial charge on any atom is -0.383 e. The van der Waals surface area contributed by atoms with Gasteiger partial charge in [0.05, 0.1) is 23.0 Å². The molecule has 0 radical (unpaired) electrons. The largest absolute Gasteiger partial charge is 0.383 e. The summed E-state index contributed by atoms with van der Waals surface area (Å²) in [7, 11) is -0.538. The van der Waals surface area contributed by atoms with Gasteiger partial charge >= 0.3 is 0 Å². The van der Waals surface area contributed by atoms with Crippen LogP contribution in [0, 0.1) is 10.1 Å². The number of hydrogen-bond acceptors (Lipinski definition) is 7.